The van der Waals surface area contributed by atoms with Gasteiger partial charge in [0.1, 0.15) is 0 Å². The Morgan fingerprint density at radius 3 is 2.07 bits per heavy atom. The fraction of sp³-hybridized carbons (Fsp3) is 0.667. The van der Waals surface area contributed by atoms with Crippen LogP contribution in [-0.4, -0.2) is 35.0 Å². The second kappa shape index (κ2) is 5.88. The minimum Gasteiger partial charge on any atom is -1.00 e. The van der Waals surface area contributed by atoms with Gasteiger partial charge in [-0.3, -0.25) is 4.48 Å². The molecule has 5 heteroatoms. The molecule has 0 amide bonds. The van der Waals surface area contributed by atoms with Gasteiger partial charge in [-0.2, -0.15) is 0 Å². The summed E-state index contributed by atoms with van der Waals surface area (Å²) in [6.45, 7) is 9.67. The van der Waals surface area contributed by atoms with Gasteiger partial charge in [0.05, 0.1) is 25.8 Å². The molecule has 0 aromatic carbocycles. The van der Waals surface area contributed by atoms with Crippen molar-refractivity contribution in [3.8, 4) is 0 Å². The van der Waals surface area contributed by atoms with Crippen molar-refractivity contribution in [1.29, 1.82) is 0 Å². The van der Waals surface area contributed by atoms with Gasteiger partial charge in [0.15, 0.2) is 0 Å². The molecule has 1 heterocycles. The zero-order valence-corrected chi connectivity index (χ0v) is 9.70. The third-order valence-electron chi connectivity index (χ3n) is 2.79. The highest BCUT2D eigenvalue weighted by atomic mass is 35.5. The topological polar surface area (TPSA) is 38.7 Å². The highest BCUT2D eigenvalue weighted by molar-refractivity contribution is 5.30. The van der Waals surface area contributed by atoms with E-state index in [9.17, 15) is 0 Å². The van der Waals surface area contributed by atoms with E-state index in [1.54, 1.807) is 6.20 Å². The van der Waals surface area contributed by atoms with E-state index in [0.29, 0.717) is 0 Å². The first kappa shape index (κ1) is 13.3. The molecular formula is C9H17ClN4. The summed E-state index contributed by atoms with van der Waals surface area (Å²) in [6, 6.07) is 1.95. The van der Waals surface area contributed by atoms with Crippen LogP contribution in [-0.2, 0) is 0 Å². The van der Waals surface area contributed by atoms with Crippen LogP contribution in [0.1, 0.15) is 20.8 Å². The molecular weight excluding hydrogens is 200 g/mol. The third kappa shape index (κ3) is 2.39. The predicted molar refractivity (Wildman–Crippen MR) is 53.2 cm³/mol. The van der Waals surface area contributed by atoms with Crippen molar-refractivity contribution < 1.29 is 12.4 Å². The molecule has 0 fully saturated rings. The van der Waals surface area contributed by atoms with Crippen LogP contribution >= 0.6 is 0 Å². The van der Waals surface area contributed by atoms with Crippen LogP contribution < -0.4 is 16.9 Å². The first-order chi connectivity index (χ1) is 6.29. The normalized spacial score (nSPS) is 10.8. The highest BCUT2D eigenvalue weighted by Gasteiger charge is 2.25. The first-order valence-electron chi connectivity index (χ1n) is 4.80. The molecule has 0 atom stereocenters. The molecule has 80 valence electrons. The van der Waals surface area contributed by atoms with Gasteiger partial charge in [-0.15, -0.1) is 5.10 Å². The van der Waals surface area contributed by atoms with Crippen LogP contribution in [0.5, 0.6) is 0 Å². The standard InChI is InChI=1S/C9H17N4.ClH/c1-4-13(5-2,6-3)9-7-8-10-12-11-9;/h7-8H,4-6H2,1-3H3;1H/q+1;/p-1. The number of quaternary nitrogens is 1. The molecule has 0 radical (unpaired) electrons. The van der Waals surface area contributed by atoms with Gasteiger partial charge in [0.25, 0.3) is 0 Å². The van der Waals surface area contributed by atoms with Crippen LogP contribution in [0.15, 0.2) is 12.3 Å². The van der Waals surface area contributed by atoms with Crippen LogP contribution in [0.3, 0.4) is 0 Å². The third-order valence-corrected chi connectivity index (χ3v) is 2.79. The maximum absolute atomic E-state index is 4.07. The second-order valence-corrected chi connectivity index (χ2v) is 3.07. The van der Waals surface area contributed by atoms with Crippen molar-refractivity contribution in [3.05, 3.63) is 12.3 Å². The van der Waals surface area contributed by atoms with E-state index < -0.39 is 0 Å². The number of aromatic nitrogens is 3. The van der Waals surface area contributed by atoms with E-state index in [0.717, 1.165) is 29.9 Å². The smallest absolute Gasteiger partial charge is 0.250 e. The lowest BCUT2D eigenvalue weighted by molar-refractivity contribution is -0.00000305. The Morgan fingerprint density at radius 2 is 1.71 bits per heavy atom. The van der Waals surface area contributed by atoms with Crippen LogP contribution in [0, 0.1) is 0 Å². The Labute approximate surface area is 91.3 Å². The van der Waals surface area contributed by atoms with E-state index in [2.05, 4.69) is 36.2 Å². The monoisotopic (exact) mass is 216 g/mol. The average Bonchev–Trinajstić information content (AvgIpc) is 2.23. The highest BCUT2D eigenvalue weighted by Crippen LogP contribution is 2.17. The average molecular weight is 217 g/mol. The lowest BCUT2D eigenvalue weighted by atomic mass is 10.3. The van der Waals surface area contributed by atoms with Crippen molar-refractivity contribution >= 4 is 5.82 Å². The van der Waals surface area contributed by atoms with Gasteiger partial charge in [0.2, 0.25) is 5.82 Å². The fourth-order valence-corrected chi connectivity index (χ4v) is 1.64. The van der Waals surface area contributed by atoms with Gasteiger partial charge in [-0.25, -0.2) is 0 Å². The van der Waals surface area contributed by atoms with Crippen LogP contribution in [0.4, 0.5) is 5.82 Å². The quantitative estimate of drug-likeness (QED) is 0.560. The summed E-state index contributed by atoms with van der Waals surface area (Å²) in [6.07, 6.45) is 1.70. The summed E-state index contributed by atoms with van der Waals surface area (Å²) >= 11 is 0. The Kier molecular flexibility index (Phi) is 5.57. The summed E-state index contributed by atoms with van der Waals surface area (Å²) < 4.78 is 0.884. The molecule has 0 unspecified atom stereocenters. The van der Waals surface area contributed by atoms with Crippen LogP contribution in [0.25, 0.3) is 0 Å². The SMILES string of the molecule is CC[N+](CC)(CC)c1ccnnn1.[Cl-]. The second-order valence-electron chi connectivity index (χ2n) is 3.07. The Morgan fingerprint density at radius 1 is 1.14 bits per heavy atom. The number of rotatable bonds is 4. The predicted octanol–water partition coefficient (Wildman–Crippen LogP) is -1.76. The zero-order valence-electron chi connectivity index (χ0n) is 8.94. The maximum Gasteiger partial charge on any atom is 0.250 e. The lowest BCUT2D eigenvalue weighted by Crippen LogP contribution is -3.00. The largest absolute Gasteiger partial charge is 1.00 e. The number of hydrogen-bond acceptors (Lipinski definition) is 3. The van der Waals surface area contributed by atoms with E-state index in [1.165, 1.54) is 0 Å². The van der Waals surface area contributed by atoms with Gasteiger partial charge in [0, 0.05) is 6.07 Å². The van der Waals surface area contributed by atoms with Crippen LogP contribution in [0.2, 0.25) is 0 Å². The summed E-state index contributed by atoms with van der Waals surface area (Å²) in [7, 11) is 0. The molecule has 4 nitrogen and oxygen atoms in total. The van der Waals surface area contributed by atoms with Gasteiger partial charge >= 0.3 is 0 Å². The van der Waals surface area contributed by atoms with E-state index in [4.69, 9.17) is 0 Å². The Bertz CT molecular complexity index is 240. The summed E-state index contributed by atoms with van der Waals surface area (Å²) in [5.41, 5.74) is 0. The lowest BCUT2D eigenvalue weighted by Gasteiger charge is -2.32. The number of halogens is 1. The molecule has 14 heavy (non-hydrogen) atoms. The molecule has 0 saturated carbocycles. The summed E-state index contributed by atoms with van der Waals surface area (Å²) in [5, 5.41) is 11.4. The van der Waals surface area contributed by atoms with Crippen molar-refractivity contribution in [2.24, 2.45) is 0 Å². The van der Waals surface area contributed by atoms with Gasteiger partial charge in [-0.05, 0) is 26.0 Å². The molecule has 0 aliphatic carbocycles. The minimum atomic E-state index is 0. The minimum absolute atomic E-state index is 0. The molecule has 0 spiro atoms. The van der Waals surface area contributed by atoms with Crippen molar-refractivity contribution in [2.45, 2.75) is 20.8 Å². The number of nitrogens with zero attached hydrogens (tertiary/aromatic N) is 4. The zero-order chi connectivity index (χ0) is 9.73. The maximum atomic E-state index is 4.07. The number of hydrogen-bond donors (Lipinski definition) is 0. The molecule has 1 aromatic rings. The van der Waals surface area contributed by atoms with E-state index in [1.807, 2.05) is 6.07 Å². The van der Waals surface area contributed by atoms with E-state index in [-0.39, 0.29) is 12.4 Å². The summed E-state index contributed by atoms with van der Waals surface area (Å²) in [5.74, 6) is 1.02. The fourth-order valence-electron chi connectivity index (χ4n) is 1.64. The summed E-state index contributed by atoms with van der Waals surface area (Å²) in [4.78, 5) is 0. The molecule has 0 N–H and O–H groups in total. The van der Waals surface area contributed by atoms with E-state index >= 15 is 0 Å². The molecule has 0 saturated heterocycles. The molecule has 1 aromatic heterocycles. The van der Waals surface area contributed by atoms with Crippen molar-refractivity contribution in [2.75, 3.05) is 19.6 Å². The Hall–Kier alpha value is -0.740. The molecule has 0 bridgehead atoms. The van der Waals surface area contributed by atoms with Gasteiger partial charge < -0.3 is 12.4 Å². The molecule has 0 aliphatic rings. The Balaban J connectivity index is 0.00000169. The van der Waals surface area contributed by atoms with Gasteiger partial charge in [-0.1, -0.05) is 5.10 Å². The first-order valence-corrected chi connectivity index (χ1v) is 4.80. The molecule has 1 rings (SSSR count). The molecule has 0 aliphatic heterocycles. The van der Waals surface area contributed by atoms with Crippen molar-refractivity contribution in [3.63, 3.8) is 0 Å². The van der Waals surface area contributed by atoms with Crippen molar-refractivity contribution in [1.82, 2.24) is 19.9 Å².